The molecule has 128 valence electrons. The highest BCUT2D eigenvalue weighted by atomic mass is 16.5. The van der Waals surface area contributed by atoms with Crippen molar-refractivity contribution in [3.8, 4) is 11.8 Å². The fourth-order valence-corrected chi connectivity index (χ4v) is 2.82. The molecule has 24 heavy (non-hydrogen) atoms. The summed E-state index contributed by atoms with van der Waals surface area (Å²) >= 11 is 0. The molecule has 1 amide bonds. The Kier molecular flexibility index (Phi) is 4.64. The summed E-state index contributed by atoms with van der Waals surface area (Å²) in [5.74, 6) is 1.26. The summed E-state index contributed by atoms with van der Waals surface area (Å²) in [6.45, 7) is 4.69. The number of aryl methyl sites for hydroxylation is 2. The molecule has 0 radical (unpaired) electrons. The number of piperidine rings is 1. The average Bonchev–Trinajstić information content (AvgIpc) is 2.93. The minimum atomic E-state index is -0.135. The van der Waals surface area contributed by atoms with Gasteiger partial charge in [0.05, 0.1) is 31.7 Å². The number of likely N-dealkylation sites (tertiary alicyclic amines) is 1. The maximum Gasteiger partial charge on any atom is 0.259 e. The molecule has 0 bridgehead atoms. The van der Waals surface area contributed by atoms with E-state index in [4.69, 9.17) is 14.0 Å². The molecular weight excluding hydrogens is 312 g/mol. The van der Waals surface area contributed by atoms with Gasteiger partial charge in [-0.1, -0.05) is 5.16 Å². The Morgan fingerprint density at radius 1 is 1.33 bits per heavy atom. The maximum atomic E-state index is 12.7. The zero-order chi connectivity index (χ0) is 17.1. The van der Waals surface area contributed by atoms with Gasteiger partial charge in [-0.2, -0.15) is 4.98 Å². The third-order valence-corrected chi connectivity index (χ3v) is 4.00. The highest BCUT2D eigenvalue weighted by Crippen LogP contribution is 2.21. The predicted octanol–water partition coefficient (Wildman–Crippen LogP) is 1.77. The van der Waals surface area contributed by atoms with Crippen molar-refractivity contribution in [2.75, 3.05) is 20.2 Å². The smallest absolute Gasteiger partial charge is 0.259 e. The normalized spacial score (nSPS) is 17.6. The van der Waals surface area contributed by atoms with Crippen LogP contribution < -0.4 is 9.47 Å². The highest BCUT2D eigenvalue weighted by molar-refractivity contribution is 5.96. The number of carbonyl (C=O) groups excluding carboxylic acids is 1. The summed E-state index contributed by atoms with van der Waals surface area (Å²) in [5, 5.41) is 3.85. The van der Waals surface area contributed by atoms with Gasteiger partial charge in [-0.15, -0.1) is 0 Å². The van der Waals surface area contributed by atoms with Gasteiger partial charge in [-0.25, -0.2) is 0 Å². The van der Waals surface area contributed by atoms with Crippen LogP contribution in [0.1, 0.15) is 34.7 Å². The number of hydrogen-bond acceptors (Lipinski definition) is 7. The van der Waals surface area contributed by atoms with E-state index in [1.54, 1.807) is 18.7 Å². The van der Waals surface area contributed by atoms with Crippen LogP contribution in [0.5, 0.6) is 11.8 Å². The van der Waals surface area contributed by atoms with Crippen molar-refractivity contribution in [2.24, 2.45) is 0 Å². The minimum Gasteiger partial charge on any atom is -0.480 e. The summed E-state index contributed by atoms with van der Waals surface area (Å²) in [6, 6.07) is 0. The number of aromatic nitrogens is 3. The van der Waals surface area contributed by atoms with E-state index >= 15 is 0 Å². The Balaban J connectivity index is 1.69. The Bertz CT molecular complexity index is 711. The van der Waals surface area contributed by atoms with Crippen LogP contribution in [0.4, 0.5) is 0 Å². The van der Waals surface area contributed by atoms with E-state index in [1.807, 2.05) is 0 Å². The van der Waals surface area contributed by atoms with Gasteiger partial charge in [0.1, 0.15) is 17.4 Å². The molecule has 3 heterocycles. The minimum absolute atomic E-state index is 0.0729. The lowest BCUT2D eigenvalue weighted by atomic mass is 10.1. The Labute approximate surface area is 139 Å². The van der Waals surface area contributed by atoms with Crippen LogP contribution in [-0.4, -0.2) is 52.2 Å². The van der Waals surface area contributed by atoms with E-state index < -0.39 is 0 Å². The molecule has 2 aromatic rings. The molecular formula is C16H20N4O4. The lowest BCUT2D eigenvalue weighted by molar-refractivity contribution is 0.0523. The summed E-state index contributed by atoms with van der Waals surface area (Å²) in [4.78, 5) is 22.7. The van der Waals surface area contributed by atoms with E-state index in [1.165, 1.54) is 19.5 Å². The van der Waals surface area contributed by atoms with Gasteiger partial charge in [0.25, 0.3) is 5.91 Å². The SMILES string of the molecule is COc1cncc(O[C@H]2CCCN(C(=O)c3c(C)noc3C)C2)n1. The van der Waals surface area contributed by atoms with Crippen LogP contribution in [-0.2, 0) is 0 Å². The van der Waals surface area contributed by atoms with Gasteiger partial charge < -0.3 is 18.9 Å². The van der Waals surface area contributed by atoms with Gasteiger partial charge in [-0.05, 0) is 26.7 Å². The van der Waals surface area contributed by atoms with Crippen molar-refractivity contribution < 1.29 is 18.8 Å². The van der Waals surface area contributed by atoms with Crippen molar-refractivity contribution >= 4 is 5.91 Å². The molecule has 1 saturated heterocycles. The average molecular weight is 332 g/mol. The molecule has 1 aliphatic rings. The zero-order valence-corrected chi connectivity index (χ0v) is 14.0. The lowest BCUT2D eigenvalue weighted by Crippen LogP contribution is -2.44. The Morgan fingerprint density at radius 3 is 2.83 bits per heavy atom. The molecule has 0 aliphatic carbocycles. The Hall–Kier alpha value is -2.64. The third-order valence-electron chi connectivity index (χ3n) is 4.00. The maximum absolute atomic E-state index is 12.7. The van der Waals surface area contributed by atoms with Crippen molar-refractivity contribution in [3.05, 3.63) is 29.4 Å². The van der Waals surface area contributed by atoms with Crippen molar-refractivity contribution in [1.82, 2.24) is 20.0 Å². The summed E-state index contributed by atoms with van der Waals surface area (Å²) < 4.78 is 16.0. The molecule has 1 aliphatic heterocycles. The van der Waals surface area contributed by atoms with E-state index in [-0.39, 0.29) is 12.0 Å². The van der Waals surface area contributed by atoms with Crippen LogP contribution in [0.15, 0.2) is 16.9 Å². The fraction of sp³-hybridized carbons (Fsp3) is 0.500. The number of hydrogen-bond donors (Lipinski definition) is 0. The Morgan fingerprint density at radius 2 is 2.12 bits per heavy atom. The van der Waals surface area contributed by atoms with Crippen LogP contribution in [0.2, 0.25) is 0 Å². The summed E-state index contributed by atoms with van der Waals surface area (Å²) in [5.41, 5.74) is 1.15. The molecule has 3 rings (SSSR count). The van der Waals surface area contributed by atoms with E-state index in [2.05, 4.69) is 15.1 Å². The van der Waals surface area contributed by atoms with Crippen LogP contribution >= 0.6 is 0 Å². The number of amides is 1. The zero-order valence-electron chi connectivity index (χ0n) is 14.0. The van der Waals surface area contributed by atoms with Gasteiger partial charge in [-0.3, -0.25) is 9.78 Å². The van der Waals surface area contributed by atoms with E-state index in [0.29, 0.717) is 41.9 Å². The molecule has 1 atom stereocenters. The second kappa shape index (κ2) is 6.86. The molecule has 2 aromatic heterocycles. The van der Waals surface area contributed by atoms with E-state index in [9.17, 15) is 4.79 Å². The topological polar surface area (TPSA) is 90.6 Å². The number of ether oxygens (including phenoxy) is 2. The molecule has 0 unspecified atom stereocenters. The number of carbonyl (C=O) groups is 1. The van der Waals surface area contributed by atoms with Crippen molar-refractivity contribution in [2.45, 2.75) is 32.8 Å². The van der Waals surface area contributed by atoms with Crippen LogP contribution in [0, 0.1) is 13.8 Å². The first-order chi connectivity index (χ1) is 11.6. The monoisotopic (exact) mass is 332 g/mol. The second-order valence-corrected chi connectivity index (χ2v) is 5.73. The summed E-state index contributed by atoms with van der Waals surface area (Å²) in [7, 11) is 1.53. The quantitative estimate of drug-likeness (QED) is 0.842. The molecule has 0 N–H and O–H groups in total. The number of nitrogens with zero attached hydrogens (tertiary/aromatic N) is 4. The van der Waals surface area contributed by atoms with Crippen molar-refractivity contribution in [3.63, 3.8) is 0 Å². The van der Waals surface area contributed by atoms with Gasteiger partial charge >= 0.3 is 0 Å². The number of methoxy groups -OCH3 is 1. The first-order valence-corrected chi connectivity index (χ1v) is 7.83. The molecule has 0 spiro atoms. The fourth-order valence-electron chi connectivity index (χ4n) is 2.82. The number of rotatable bonds is 4. The van der Waals surface area contributed by atoms with Crippen LogP contribution in [0.25, 0.3) is 0 Å². The summed E-state index contributed by atoms with van der Waals surface area (Å²) in [6.07, 6.45) is 4.63. The van der Waals surface area contributed by atoms with Crippen molar-refractivity contribution in [1.29, 1.82) is 0 Å². The molecule has 0 saturated carbocycles. The molecule has 0 aromatic carbocycles. The van der Waals surface area contributed by atoms with Gasteiger partial charge in [0, 0.05) is 6.54 Å². The molecule has 1 fully saturated rings. The highest BCUT2D eigenvalue weighted by Gasteiger charge is 2.29. The lowest BCUT2D eigenvalue weighted by Gasteiger charge is -2.32. The molecule has 8 nitrogen and oxygen atoms in total. The third kappa shape index (κ3) is 3.32. The predicted molar refractivity (Wildman–Crippen MR) is 84.1 cm³/mol. The van der Waals surface area contributed by atoms with Crippen LogP contribution in [0.3, 0.4) is 0 Å². The van der Waals surface area contributed by atoms with E-state index in [0.717, 1.165) is 12.8 Å². The second-order valence-electron chi connectivity index (χ2n) is 5.73. The molecule has 8 heteroatoms. The standard InChI is InChI=1S/C16H20N4O4/c1-10-15(11(2)24-19-10)16(21)20-6-4-5-12(9-20)23-14-8-17-7-13(18-14)22-3/h7-8,12H,4-6,9H2,1-3H3/t12-/m0/s1. The first-order valence-electron chi connectivity index (χ1n) is 7.83. The largest absolute Gasteiger partial charge is 0.480 e. The van der Waals surface area contributed by atoms with Gasteiger partial charge in [0.15, 0.2) is 0 Å². The van der Waals surface area contributed by atoms with Gasteiger partial charge in [0.2, 0.25) is 11.8 Å². The first kappa shape index (κ1) is 16.2.